The molecule has 4 N–H and O–H groups in total. The Hall–Kier alpha value is 0.314. The van der Waals surface area contributed by atoms with E-state index in [0.29, 0.717) is 0 Å². The predicted molar refractivity (Wildman–Crippen MR) is 75.3 cm³/mol. The Kier molecular flexibility index (Phi) is 12.8. The number of hydrogen-bond acceptors (Lipinski definition) is 3. The summed E-state index contributed by atoms with van der Waals surface area (Å²) in [5, 5.41) is 0. The van der Waals surface area contributed by atoms with Crippen LogP contribution in [0.1, 0.15) is 19.8 Å². The summed E-state index contributed by atoms with van der Waals surface area (Å²) in [5.74, 6) is 0. The van der Waals surface area contributed by atoms with Gasteiger partial charge in [-0.15, -0.1) is 0 Å². The molecular weight excluding hydrogens is 220 g/mol. The van der Waals surface area contributed by atoms with Crippen LogP contribution in [0.5, 0.6) is 0 Å². The average molecular weight is 251 g/mol. The molecule has 0 atom stereocenters. The fourth-order valence-corrected chi connectivity index (χ4v) is 7.86. The summed E-state index contributed by atoms with van der Waals surface area (Å²) >= 11 is 0. The van der Waals surface area contributed by atoms with E-state index < -0.39 is 17.4 Å². The van der Waals surface area contributed by atoms with E-state index in [9.17, 15) is 0 Å². The lowest BCUT2D eigenvalue weighted by Gasteiger charge is -2.25. The van der Waals surface area contributed by atoms with Crippen molar-refractivity contribution in [3.05, 3.63) is 0 Å². The zero-order valence-electron chi connectivity index (χ0n) is 11.2. The minimum Gasteiger partial charge on any atom is -0.458 e. The Labute approximate surface area is 98.4 Å². The van der Waals surface area contributed by atoms with Gasteiger partial charge in [0.2, 0.25) is 0 Å². The van der Waals surface area contributed by atoms with Crippen LogP contribution in [-0.2, 0) is 4.12 Å². The second kappa shape index (κ2) is 10.8. The third kappa shape index (κ3) is 17.0. The lowest BCUT2D eigenvalue weighted by atomic mass is 10.5. The van der Waals surface area contributed by atoms with Crippen LogP contribution in [-0.4, -0.2) is 30.4 Å². The van der Waals surface area contributed by atoms with Crippen molar-refractivity contribution in [2.75, 3.05) is 13.1 Å². The van der Waals surface area contributed by atoms with Crippen molar-refractivity contribution in [3.63, 3.8) is 0 Å². The Morgan fingerprint density at radius 2 is 1.60 bits per heavy atom. The van der Waals surface area contributed by atoms with Crippen molar-refractivity contribution in [3.8, 4) is 0 Å². The molecule has 0 aliphatic heterocycles. The molecule has 5 heteroatoms. The summed E-state index contributed by atoms with van der Waals surface area (Å²) in [4.78, 5) is 0. The normalized spacial score (nSPS) is 11.2. The van der Waals surface area contributed by atoms with Crippen molar-refractivity contribution in [1.29, 1.82) is 0 Å². The number of rotatable bonds is 6. The van der Waals surface area contributed by atoms with Crippen molar-refractivity contribution in [1.82, 2.24) is 0 Å². The molecule has 0 unspecified atom stereocenters. The van der Waals surface area contributed by atoms with E-state index in [-0.39, 0.29) is 0 Å². The van der Waals surface area contributed by atoms with E-state index >= 15 is 0 Å². The second-order valence-electron chi connectivity index (χ2n) is 4.61. The van der Waals surface area contributed by atoms with E-state index in [1.165, 1.54) is 6.04 Å². The van der Waals surface area contributed by atoms with Crippen LogP contribution in [0.3, 0.4) is 0 Å². The summed E-state index contributed by atoms with van der Waals surface area (Å²) in [7, 11) is -2.12. The molecule has 0 aromatic heterocycles. The third-order valence-electron chi connectivity index (χ3n) is 1.83. The van der Waals surface area contributed by atoms with Crippen LogP contribution in [0.2, 0.25) is 32.2 Å². The minimum absolute atomic E-state index is 0.805. The quantitative estimate of drug-likeness (QED) is 0.708. The summed E-state index contributed by atoms with van der Waals surface area (Å²) < 4.78 is 5.96. The van der Waals surface area contributed by atoms with Crippen LogP contribution in [0.25, 0.3) is 0 Å². The topological polar surface area (TPSA) is 61.3 Å². The van der Waals surface area contributed by atoms with Crippen molar-refractivity contribution >= 4 is 17.4 Å². The van der Waals surface area contributed by atoms with Gasteiger partial charge in [-0.3, -0.25) is 0 Å². The smallest absolute Gasteiger partial charge is 0.173 e. The Morgan fingerprint density at radius 1 is 1.13 bits per heavy atom. The van der Waals surface area contributed by atoms with Gasteiger partial charge in [0.25, 0.3) is 0 Å². The second-order valence-corrected chi connectivity index (χ2v) is 11.7. The largest absolute Gasteiger partial charge is 0.458 e. The monoisotopic (exact) mass is 250 g/mol. The van der Waals surface area contributed by atoms with Gasteiger partial charge in [0.1, 0.15) is 0 Å². The molecule has 0 aromatic rings. The standard InChI is InChI=1S/C7H21NOSi2.C3H9N/c1-10(2)9-11(3,4)7-5-6-8;1-2-3-4/h10H,5-8H2,1-4H3;2-4H2,1H3. The fourth-order valence-electron chi connectivity index (χ4n) is 1.22. The molecule has 0 saturated carbocycles. The molecular formula is C10H30N2OSi2. The number of hydrogen-bond donors (Lipinski definition) is 2. The molecule has 0 rings (SSSR count). The van der Waals surface area contributed by atoms with E-state index in [2.05, 4.69) is 33.1 Å². The maximum Gasteiger partial charge on any atom is 0.173 e. The van der Waals surface area contributed by atoms with Crippen LogP contribution < -0.4 is 11.5 Å². The SMILES string of the molecule is CCCN.C[SiH](C)O[Si](C)(C)CCCN. The molecule has 0 saturated heterocycles. The average Bonchev–Trinajstić information content (AvgIpc) is 2.13. The molecule has 0 radical (unpaired) electrons. The first kappa shape index (κ1) is 17.7. The third-order valence-corrected chi connectivity index (χ3v) is 7.82. The van der Waals surface area contributed by atoms with Crippen LogP contribution in [0.15, 0.2) is 0 Å². The molecule has 3 nitrogen and oxygen atoms in total. The lowest BCUT2D eigenvalue weighted by Crippen LogP contribution is -2.35. The first-order valence-corrected chi connectivity index (χ1v) is 11.9. The predicted octanol–water partition coefficient (Wildman–Crippen LogP) is 1.90. The summed E-state index contributed by atoms with van der Waals surface area (Å²) in [6.07, 6.45) is 2.22. The molecule has 0 aromatic carbocycles. The molecule has 0 aliphatic carbocycles. The maximum absolute atomic E-state index is 5.96. The molecule has 15 heavy (non-hydrogen) atoms. The maximum atomic E-state index is 5.96. The highest BCUT2D eigenvalue weighted by Gasteiger charge is 2.22. The summed E-state index contributed by atoms with van der Waals surface area (Å²) in [6.45, 7) is 12.7. The minimum atomic E-state index is -1.31. The summed E-state index contributed by atoms with van der Waals surface area (Å²) in [6, 6.07) is 1.22. The van der Waals surface area contributed by atoms with Crippen molar-refractivity contribution < 1.29 is 4.12 Å². The molecule has 0 spiro atoms. The molecule has 0 aliphatic rings. The fraction of sp³-hybridized carbons (Fsp3) is 1.00. The van der Waals surface area contributed by atoms with Gasteiger partial charge < -0.3 is 15.6 Å². The lowest BCUT2D eigenvalue weighted by molar-refractivity contribution is 0.566. The van der Waals surface area contributed by atoms with E-state index in [4.69, 9.17) is 15.6 Å². The zero-order valence-corrected chi connectivity index (χ0v) is 13.3. The van der Waals surface area contributed by atoms with E-state index in [0.717, 1.165) is 25.9 Å². The van der Waals surface area contributed by atoms with Gasteiger partial charge >= 0.3 is 0 Å². The molecule has 0 heterocycles. The van der Waals surface area contributed by atoms with Crippen LogP contribution in [0, 0.1) is 0 Å². The molecule has 94 valence electrons. The first-order chi connectivity index (χ1) is 6.89. The van der Waals surface area contributed by atoms with Gasteiger partial charge in [-0.1, -0.05) is 6.92 Å². The Bertz CT molecular complexity index is 131. The molecule has 0 fully saturated rings. The van der Waals surface area contributed by atoms with Gasteiger partial charge in [-0.25, -0.2) is 0 Å². The van der Waals surface area contributed by atoms with Crippen molar-refractivity contribution in [2.45, 2.75) is 52.0 Å². The zero-order chi connectivity index (χ0) is 12.3. The van der Waals surface area contributed by atoms with Gasteiger partial charge in [0.15, 0.2) is 17.4 Å². The Morgan fingerprint density at radius 3 is 1.87 bits per heavy atom. The van der Waals surface area contributed by atoms with Gasteiger partial charge in [-0.05, 0) is 58.2 Å². The molecule has 0 bridgehead atoms. The van der Waals surface area contributed by atoms with Gasteiger partial charge in [-0.2, -0.15) is 0 Å². The Balaban J connectivity index is 0. The highest BCUT2D eigenvalue weighted by atomic mass is 28.4. The van der Waals surface area contributed by atoms with Crippen LogP contribution in [0.4, 0.5) is 0 Å². The first-order valence-electron chi connectivity index (χ1n) is 5.97. The highest BCUT2D eigenvalue weighted by molar-refractivity contribution is 6.77. The summed E-state index contributed by atoms with van der Waals surface area (Å²) in [5.41, 5.74) is 10.5. The van der Waals surface area contributed by atoms with Crippen LogP contribution >= 0.6 is 0 Å². The molecule has 0 amide bonds. The van der Waals surface area contributed by atoms with E-state index in [1.54, 1.807) is 0 Å². The van der Waals surface area contributed by atoms with Gasteiger partial charge in [0.05, 0.1) is 0 Å². The highest BCUT2D eigenvalue weighted by Crippen LogP contribution is 2.13. The van der Waals surface area contributed by atoms with Crippen molar-refractivity contribution in [2.24, 2.45) is 11.5 Å². The number of nitrogens with two attached hydrogens (primary N) is 2. The van der Waals surface area contributed by atoms with E-state index in [1.807, 2.05) is 0 Å². The van der Waals surface area contributed by atoms with Gasteiger partial charge in [0, 0.05) is 0 Å².